The third-order valence-electron chi connectivity index (χ3n) is 8.41. The van der Waals surface area contributed by atoms with Crippen molar-refractivity contribution in [2.45, 2.75) is 43.1 Å². The maximum absolute atomic E-state index is 14.3. The van der Waals surface area contributed by atoms with E-state index >= 15 is 0 Å². The van der Waals surface area contributed by atoms with Gasteiger partial charge in [0, 0.05) is 34.7 Å². The van der Waals surface area contributed by atoms with Crippen LogP contribution in [0.1, 0.15) is 44.6 Å². The molecule has 47 heavy (non-hydrogen) atoms. The van der Waals surface area contributed by atoms with Crippen LogP contribution in [0.4, 0.5) is 8.78 Å². The van der Waals surface area contributed by atoms with E-state index in [4.69, 9.17) is 14.5 Å². The van der Waals surface area contributed by atoms with Crippen molar-refractivity contribution in [2.24, 2.45) is 0 Å². The molecule has 4 aromatic rings. The number of benzene rings is 2. The number of thiophene rings is 2. The Labute approximate surface area is 277 Å². The highest BCUT2D eigenvalue weighted by molar-refractivity contribution is 7.52. The van der Waals surface area contributed by atoms with Crippen LogP contribution in [0.3, 0.4) is 0 Å². The van der Waals surface area contributed by atoms with E-state index in [1.807, 2.05) is 47.8 Å². The summed E-state index contributed by atoms with van der Waals surface area (Å²) in [6, 6.07) is 16.2. The number of amides is 3. The third kappa shape index (κ3) is 7.03. The fraction of sp³-hybridized carbons (Fsp3) is 0.344. The van der Waals surface area contributed by atoms with Crippen LogP contribution in [0, 0.1) is 0 Å². The molecule has 15 heteroatoms. The predicted octanol–water partition coefficient (Wildman–Crippen LogP) is 5.12. The first kappa shape index (κ1) is 33.4. The lowest BCUT2D eigenvalue weighted by Gasteiger charge is -2.37. The summed E-state index contributed by atoms with van der Waals surface area (Å²) in [4.78, 5) is 64.0. The Hall–Kier alpha value is -3.52. The van der Waals surface area contributed by atoms with Gasteiger partial charge in [-0.3, -0.25) is 18.9 Å². The minimum atomic E-state index is -5.77. The molecule has 3 atom stereocenters. The molecular weight excluding hydrogens is 671 g/mol. The van der Waals surface area contributed by atoms with E-state index in [-0.39, 0.29) is 34.6 Å². The maximum Gasteiger partial charge on any atom is 0.399 e. The quantitative estimate of drug-likeness (QED) is 0.206. The molecule has 0 radical (unpaired) electrons. The zero-order valence-corrected chi connectivity index (χ0v) is 27.5. The summed E-state index contributed by atoms with van der Waals surface area (Å²) >= 11 is 2.43. The summed E-state index contributed by atoms with van der Waals surface area (Å²) in [6.45, 7) is 1.50. The van der Waals surface area contributed by atoms with Gasteiger partial charge in [0.2, 0.25) is 11.8 Å². The van der Waals surface area contributed by atoms with E-state index in [2.05, 4.69) is 5.32 Å². The van der Waals surface area contributed by atoms with Crippen LogP contribution < -0.4 is 5.32 Å². The molecule has 4 heterocycles. The molecule has 0 spiro atoms. The zero-order valence-electron chi connectivity index (χ0n) is 25.0. The number of carbonyl (C=O) groups excluding carboxylic acids is 3. The smallest absolute Gasteiger partial charge is 0.370 e. The number of fused-ring (bicyclic) bond motifs is 1. The fourth-order valence-corrected chi connectivity index (χ4v) is 8.16. The lowest BCUT2D eigenvalue weighted by atomic mass is 10.1. The number of morpholine rings is 1. The largest absolute Gasteiger partial charge is 0.399 e. The van der Waals surface area contributed by atoms with Crippen molar-refractivity contribution in [3.05, 3.63) is 93.0 Å². The summed E-state index contributed by atoms with van der Waals surface area (Å²) in [5.41, 5.74) is -4.29. The van der Waals surface area contributed by atoms with Crippen LogP contribution in [-0.2, 0) is 31.0 Å². The van der Waals surface area contributed by atoms with Gasteiger partial charge < -0.3 is 29.6 Å². The summed E-state index contributed by atoms with van der Waals surface area (Å²) in [5, 5.41) is 4.88. The Morgan fingerprint density at radius 3 is 2.57 bits per heavy atom. The lowest BCUT2D eigenvalue weighted by molar-refractivity contribution is -0.149. The second-order valence-electron chi connectivity index (χ2n) is 11.5. The van der Waals surface area contributed by atoms with Crippen molar-refractivity contribution in [1.29, 1.82) is 0 Å². The Morgan fingerprint density at radius 1 is 1.06 bits per heavy atom. The number of hydrogen-bond acceptors (Lipinski definition) is 7. The summed E-state index contributed by atoms with van der Waals surface area (Å²) in [7, 11) is -5.77. The molecule has 0 aliphatic carbocycles. The number of carbonyl (C=O) groups is 3. The van der Waals surface area contributed by atoms with Crippen LogP contribution in [0.15, 0.2) is 72.1 Å². The average Bonchev–Trinajstić information content (AvgIpc) is 3.85. The summed E-state index contributed by atoms with van der Waals surface area (Å²) in [5.74, 6) is -1.15. The van der Waals surface area contributed by atoms with E-state index in [0.717, 1.165) is 33.9 Å². The second-order valence-corrected chi connectivity index (χ2v) is 15.3. The molecule has 2 aliphatic heterocycles. The van der Waals surface area contributed by atoms with Gasteiger partial charge in [-0.15, -0.1) is 22.7 Å². The van der Waals surface area contributed by atoms with Gasteiger partial charge in [-0.2, -0.15) is 8.78 Å². The number of hydrogen-bond donors (Lipinski definition) is 3. The monoisotopic (exact) mass is 703 g/mol. The summed E-state index contributed by atoms with van der Waals surface area (Å²) < 4.78 is 46.4. The molecule has 6 rings (SSSR count). The first-order valence-electron chi connectivity index (χ1n) is 15.0. The minimum absolute atomic E-state index is 0.134. The molecule has 2 aromatic heterocycles. The molecule has 2 saturated heterocycles. The molecule has 2 aliphatic rings. The van der Waals surface area contributed by atoms with Crippen LogP contribution in [0.2, 0.25) is 0 Å². The Balaban J connectivity index is 1.20. The van der Waals surface area contributed by atoms with E-state index < -0.39 is 36.8 Å². The van der Waals surface area contributed by atoms with Crippen molar-refractivity contribution in [2.75, 3.05) is 26.2 Å². The van der Waals surface area contributed by atoms with Crippen molar-refractivity contribution >= 4 is 58.1 Å². The highest BCUT2D eigenvalue weighted by Crippen LogP contribution is 2.59. The van der Waals surface area contributed by atoms with E-state index in [9.17, 15) is 27.7 Å². The van der Waals surface area contributed by atoms with Gasteiger partial charge in [0.25, 0.3) is 5.91 Å². The topological polar surface area (TPSA) is 136 Å². The van der Waals surface area contributed by atoms with Crippen molar-refractivity contribution in [3.8, 4) is 0 Å². The van der Waals surface area contributed by atoms with E-state index in [1.165, 1.54) is 23.5 Å². The van der Waals surface area contributed by atoms with Gasteiger partial charge in [-0.05, 0) is 53.4 Å². The van der Waals surface area contributed by atoms with Crippen LogP contribution in [-0.4, -0.2) is 75.6 Å². The minimum Gasteiger partial charge on any atom is -0.370 e. The molecule has 2 aromatic carbocycles. The van der Waals surface area contributed by atoms with E-state index in [1.54, 1.807) is 9.80 Å². The van der Waals surface area contributed by atoms with Crippen LogP contribution >= 0.6 is 30.3 Å². The van der Waals surface area contributed by atoms with Gasteiger partial charge in [0.05, 0.1) is 18.0 Å². The number of alkyl halides is 2. The standard InChI is InChI=1S/C32H32F2N3O7PS2/c33-32(34,45(41,42)43)22-10-11-27-21(16-22)17-28(47-27)29(38)35-24(18-23-8-5-15-46-23)30(39)37-12-4-9-25(37)31(40)36-13-14-44-26(19-36)20-6-2-1-3-7-20/h1-3,5-8,10-11,15-17,24-26H,4,9,12-14,18-19H2,(H,35,38)(H2,41,42,43)/t24?,25-,26-/m0/s1. The molecule has 0 bridgehead atoms. The Kier molecular flexibility index (Phi) is 9.62. The van der Waals surface area contributed by atoms with Gasteiger partial charge in [0.15, 0.2) is 0 Å². The number of ether oxygens (including phenoxy) is 1. The third-order valence-corrected chi connectivity index (χ3v) is 11.4. The van der Waals surface area contributed by atoms with Gasteiger partial charge in [0.1, 0.15) is 18.2 Å². The molecule has 1 unspecified atom stereocenters. The fourth-order valence-electron chi connectivity index (χ4n) is 5.99. The molecule has 3 amide bonds. The normalized spacial score (nSPS) is 19.6. The van der Waals surface area contributed by atoms with E-state index in [0.29, 0.717) is 43.8 Å². The molecule has 0 saturated carbocycles. The van der Waals surface area contributed by atoms with Crippen LogP contribution in [0.5, 0.6) is 0 Å². The number of rotatable bonds is 9. The first-order chi connectivity index (χ1) is 22.4. The molecule has 2 fully saturated rings. The van der Waals surface area contributed by atoms with Crippen molar-refractivity contribution in [1.82, 2.24) is 15.1 Å². The highest BCUT2D eigenvalue weighted by atomic mass is 32.1. The highest BCUT2D eigenvalue weighted by Gasteiger charge is 2.50. The zero-order chi connectivity index (χ0) is 33.3. The molecule has 3 N–H and O–H groups in total. The van der Waals surface area contributed by atoms with Gasteiger partial charge in [-0.25, -0.2) is 0 Å². The Morgan fingerprint density at radius 2 is 1.85 bits per heavy atom. The molecular formula is C32H32F2N3O7PS2. The summed E-state index contributed by atoms with van der Waals surface area (Å²) in [6.07, 6.45) is 1.05. The number of likely N-dealkylation sites (tertiary alicyclic amines) is 1. The lowest BCUT2D eigenvalue weighted by Crippen LogP contribution is -2.56. The number of halogens is 2. The SMILES string of the molecule is O=C(NC(Cc1cccs1)C(=O)N1CCC[C@H]1C(=O)N1CCO[C@H](c2ccccc2)C1)c1cc2cc(C(F)(F)P(=O)(O)O)ccc2s1. The average molecular weight is 704 g/mol. The molecule has 10 nitrogen and oxygen atoms in total. The van der Waals surface area contributed by atoms with Gasteiger partial charge in [-0.1, -0.05) is 42.5 Å². The Bertz CT molecular complexity index is 1820. The maximum atomic E-state index is 14.3. The first-order valence-corrected chi connectivity index (χ1v) is 18.3. The molecule has 248 valence electrons. The predicted molar refractivity (Wildman–Crippen MR) is 173 cm³/mol. The van der Waals surface area contributed by atoms with Crippen LogP contribution in [0.25, 0.3) is 10.1 Å². The van der Waals surface area contributed by atoms with Gasteiger partial charge >= 0.3 is 13.3 Å². The van der Waals surface area contributed by atoms with Crippen molar-refractivity contribution in [3.63, 3.8) is 0 Å². The van der Waals surface area contributed by atoms with Crippen molar-refractivity contribution < 1.29 is 42.3 Å². The number of nitrogens with zero attached hydrogens (tertiary/aromatic N) is 2. The second kappa shape index (κ2) is 13.5. The number of nitrogens with one attached hydrogen (secondary N) is 1.